The minimum atomic E-state index is -0.547. The monoisotopic (exact) mass is 335 g/mol. The smallest absolute Gasteiger partial charge is 0.408 e. The second-order valence-corrected chi connectivity index (χ2v) is 7.14. The number of nitrogens with one attached hydrogen (secondary N) is 1. The Balaban J connectivity index is 2.03. The Morgan fingerprint density at radius 1 is 1.25 bits per heavy atom. The van der Waals surface area contributed by atoms with Crippen LogP contribution >= 0.6 is 0 Å². The molecule has 6 heteroatoms. The fraction of sp³-hybridized carbons (Fsp3) is 0.556. The molecule has 0 unspecified atom stereocenters. The van der Waals surface area contributed by atoms with Crippen molar-refractivity contribution in [3.8, 4) is 5.75 Å². The zero-order valence-electron chi connectivity index (χ0n) is 14.9. The van der Waals surface area contributed by atoms with Gasteiger partial charge in [0.15, 0.2) is 0 Å². The number of alkyl carbamates (subject to hydrolysis) is 1. The first-order chi connectivity index (χ1) is 11.2. The molecule has 1 aliphatic rings. The van der Waals surface area contributed by atoms with Crippen LogP contribution in [0.5, 0.6) is 5.75 Å². The first kappa shape index (κ1) is 18.1. The van der Waals surface area contributed by atoms with Crippen molar-refractivity contribution < 1.29 is 23.8 Å². The van der Waals surface area contributed by atoms with Crippen LogP contribution in [-0.4, -0.2) is 36.9 Å². The lowest BCUT2D eigenvalue weighted by molar-refractivity contribution is 0.0472. The van der Waals surface area contributed by atoms with E-state index < -0.39 is 23.2 Å². The molecule has 0 aromatic heterocycles. The number of ether oxygens (including phenoxy) is 3. The number of hydrogen-bond donors (Lipinski definition) is 1. The number of hydrogen-bond acceptors (Lipinski definition) is 5. The van der Waals surface area contributed by atoms with Gasteiger partial charge in [-0.15, -0.1) is 0 Å². The Bertz CT molecular complexity index is 629. The number of amides is 1. The molecule has 1 aromatic rings. The molecule has 0 saturated heterocycles. The first-order valence-electron chi connectivity index (χ1n) is 7.98. The molecular formula is C18H25NO5. The van der Waals surface area contributed by atoms with Crippen LogP contribution in [0.3, 0.4) is 0 Å². The van der Waals surface area contributed by atoms with E-state index in [1.807, 2.05) is 33.8 Å². The molecule has 132 valence electrons. The van der Waals surface area contributed by atoms with Gasteiger partial charge in [-0.2, -0.15) is 0 Å². The van der Waals surface area contributed by atoms with Gasteiger partial charge in [-0.05, 0) is 52.2 Å². The number of esters is 1. The number of aryl methyl sites for hydroxylation is 1. The van der Waals surface area contributed by atoms with E-state index in [0.29, 0.717) is 11.3 Å². The van der Waals surface area contributed by atoms with Crippen molar-refractivity contribution in [1.29, 1.82) is 0 Å². The van der Waals surface area contributed by atoms with Crippen LogP contribution in [0.4, 0.5) is 4.79 Å². The Labute approximate surface area is 142 Å². The molecule has 6 nitrogen and oxygen atoms in total. The molecule has 1 N–H and O–H groups in total. The SMILES string of the molecule is COC(=O)c1cccc(C)c1OCC1(NC(=O)OC(C)(C)C)CC1. The fourth-order valence-corrected chi connectivity index (χ4v) is 2.30. The summed E-state index contributed by atoms with van der Waals surface area (Å²) in [5.74, 6) is 0.0419. The molecule has 1 aromatic carbocycles. The highest BCUT2D eigenvalue weighted by molar-refractivity contribution is 5.92. The number of methoxy groups -OCH3 is 1. The van der Waals surface area contributed by atoms with E-state index in [1.165, 1.54) is 7.11 Å². The summed E-state index contributed by atoms with van der Waals surface area (Å²) in [7, 11) is 1.33. The van der Waals surface area contributed by atoms with Gasteiger partial charge in [-0.3, -0.25) is 0 Å². The normalized spacial score (nSPS) is 15.4. The summed E-state index contributed by atoms with van der Waals surface area (Å²) in [6.45, 7) is 7.60. The van der Waals surface area contributed by atoms with Gasteiger partial charge in [0.05, 0.1) is 12.6 Å². The Morgan fingerprint density at radius 2 is 1.92 bits per heavy atom. The second kappa shape index (κ2) is 6.71. The van der Waals surface area contributed by atoms with Crippen LogP contribution in [0.1, 0.15) is 49.5 Å². The molecule has 24 heavy (non-hydrogen) atoms. The molecule has 0 aliphatic heterocycles. The topological polar surface area (TPSA) is 73.9 Å². The third-order valence-electron chi connectivity index (χ3n) is 3.73. The number of carbonyl (C=O) groups is 2. The van der Waals surface area contributed by atoms with Gasteiger partial charge >= 0.3 is 12.1 Å². The minimum Gasteiger partial charge on any atom is -0.490 e. The molecule has 2 rings (SSSR count). The Morgan fingerprint density at radius 3 is 2.46 bits per heavy atom. The highest BCUT2D eigenvalue weighted by Gasteiger charge is 2.46. The number of para-hydroxylation sites is 1. The van der Waals surface area contributed by atoms with Crippen LogP contribution in [0, 0.1) is 6.92 Å². The number of rotatable bonds is 5. The lowest BCUT2D eigenvalue weighted by Crippen LogP contribution is -2.44. The molecule has 0 heterocycles. The van der Waals surface area contributed by atoms with Crippen molar-refractivity contribution in [3.63, 3.8) is 0 Å². The summed E-state index contributed by atoms with van der Waals surface area (Å²) in [4.78, 5) is 23.8. The van der Waals surface area contributed by atoms with Crippen LogP contribution in [-0.2, 0) is 9.47 Å². The largest absolute Gasteiger partial charge is 0.490 e. The number of benzene rings is 1. The molecule has 0 bridgehead atoms. The summed E-state index contributed by atoms with van der Waals surface area (Å²) in [6, 6.07) is 5.30. The average molecular weight is 335 g/mol. The quantitative estimate of drug-likeness (QED) is 0.836. The maximum atomic E-state index is 12.0. The van der Waals surface area contributed by atoms with Gasteiger partial charge in [0.1, 0.15) is 23.5 Å². The van der Waals surface area contributed by atoms with E-state index in [1.54, 1.807) is 12.1 Å². The lowest BCUT2D eigenvalue weighted by atomic mass is 10.1. The lowest BCUT2D eigenvalue weighted by Gasteiger charge is -2.24. The third-order valence-corrected chi connectivity index (χ3v) is 3.73. The minimum absolute atomic E-state index is 0.279. The molecule has 0 atom stereocenters. The first-order valence-corrected chi connectivity index (χ1v) is 7.98. The van der Waals surface area contributed by atoms with E-state index in [4.69, 9.17) is 14.2 Å². The van der Waals surface area contributed by atoms with Gasteiger partial charge in [0, 0.05) is 0 Å². The van der Waals surface area contributed by atoms with Gasteiger partial charge in [0.2, 0.25) is 0 Å². The van der Waals surface area contributed by atoms with Crippen LogP contribution in [0.25, 0.3) is 0 Å². The Hall–Kier alpha value is -2.24. The molecule has 0 spiro atoms. The zero-order valence-corrected chi connectivity index (χ0v) is 14.9. The summed E-state index contributed by atoms with van der Waals surface area (Å²) in [5, 5.41) is 2.87. The highest BCUT2D eigenvalue weighted by Crippen LogP contribution is 2.37. The molecular weight excluding hydrogens is 310 g/mol. The Kier molecular flexibility index (Phi) is 5.06. The zero-order chi connectivity index (χ0) is 18.0. The highest BCUT2D eigenvalue weighted by atomic mass is 16.6. The molecule has 1 amide bonds. The van der Waals surface area contributed by atoms with E-state index >= 15 is 0 Å². The summed E-state index contributed by atoms with van der Waals surface area (Å²) < 4.78 is 16.0. The number of carbonyl (C=O) groups excluding carboxylic acids is 2. The van der Waals surface area contributed by atoms with E-state index in [-0.39, 0.29) is 6.61 Å². The van der Waals surface area contributed by atoms with E-state index in [2.05, 4.69) is 5.32 Å². The van der Waals surface area contributed by atoms with Crippen molar-refractivity contribution in [1.82, 2.24) is 5.32 Å². The van der Waals surface area contributed by atoms with E-state index in [0.717, 1.165) is 18.4 Å². The maximum Gasteiger partial charge on any atom is 0.408 e. The third kappa shape index (κ3) is 4.63. The van der Waals surface area contributed by atoms with Gasteiger partial charge in [-0.1, -0.05) is 12.1 Å². The van der Waals surface area contributed by atoms with Crippen molar-refractivity contribution in [2.75, 3.05) is 13.7 Å². The van der Waals surface area contributed by atoms with Crippen molar-refractivity contribution in [2.24, 2.45) is 0 Å². The average Bonchev–Trinajstić information content (AvgIpc) is 3.22. The predicted octanol–water partition coefficient (Wildman–Crippen LogP) is 3.22. The van der Waals surface area contributed by atoms with Crippen LogP contribution < -0.4 is 10.1 Å². The van der Waals surface area contributed by atoms with Crippen LogP contribution in [0.2, 0.25) is 0 Å². The van der Waals surface area contributed by atoms with Crippen molar-refractivity contribution >= 4 is 12.1 Å². The second-order valence-electron chi connectivity index (χ2n) is 7.14. The standard InChI is InChI=1S/C18H25NO5/c1-12-7-6-8-13(15(20)22-5)14(12)23-11-18(9-10-18)19-16(21)24-17(2,3)4/h6-8H,9-11H2,1-5H3,(H,19,21). The van der Waals surface area contributed by atoms with Crippen molar-refractivity contribution in [2.45, 2.75) is 51.7 Å². The summed E-state index contributed by atoms with van der Waals surface area (Å²) >= 11 is 0. The summed E-state index contributed by atoms with van der Waals surface area (Å²) in [5.41, 5.74) is 0.240. The van der Waals surface area contributed by atoms with Crippen molar-refractivity contribution in [3.05, 3.63) is 29.3 Å². The van der Waals surface area contributed by atoms with Gasteiger partial charge in [0.25, 0.3) is 0 Å². The molecule has 1 saturated carbocycles. The molecule has 1 fully saturated rings. The molecule has 1 aliphatic carbocycles. The summed E-state index contributed by atoms with van der Waals surface area (Å²) in [6.07, 6.45) is 1.17. The fourth-order valence-electron chi connectivity index (χ4n) is 2.30. The molecule has 0 radical (unpaired) electrons. The predicted molar refractivity (Wildman–Crippen MR) is 89.3 cm³/mol. The maximum absolute atomic E-state index is 12.0. The van der Waals surface area contributed by atoms with Gasteiger partial charge in [-0.25, -0.2) is 9.59 Å². The van der Waals surface area contributed by atoms with E-state index in [9.17, 15) is 9.59 Å². The van der Waals surface area contributed by atoms with Gasteiger partial charge < -0.3 is 19.5 Å². The van der Waals surface area contributed by atoms with Crippen LogP contribution in [0.15, 0.2) is 18.2 Å².